The van der Waals surface area contributed by atoms with Crippen LogP contribution in [0.5, 0.6) is 0 Å². The van der Waals surface area contributed by atoms with Crippen LogP contribution in [0.2, 0.25) is 5.02 Å². The third-order valence-corrected chi connectivity index (χ3v) is 3.41. The van der Waals surface area contributed by atoms with Gasteiger partial charge >= 0.3 is 0 Å². The van der Waals surface area contributed by atoms with Crippen LogP contribution in [0.4, 0.5) is 0 Å². The van der Waals surface area contributed by atoms with Gasteiger partial charge in [-0.3, -0.25) is 0 Å². The van der Waals surface area contributed by atoms with Crippen LogP contribution in [-0.2, 0) is 0 Å². The first kappa shape index (κ1) is 14.5. The Hall–Kier alpha value is -0.530. The molecule has 17 heavy (non-hydrogen) atoms. The fraction of sp³-hybridized carbons (Fsp3) is 0.600. The molecule has 2 heteroatoms. The standard InChI is InChI=1S/C15H24ClN/c1-10(2)7-12(4)9-15(17)13-6-5-11(3)8-14(13)16/h5-6,8,10,12,15H,7,9,17H2,1-4H3. The zero-order valence-electron chi connectivity index (χ0n) is 11.3. The summed E-state index contributed by atoms with van der Waals surface area (Å²) in [5.41, 5.74) is 8.50. The van der Waals surface area contributed by atoms with Crippen LogP contribution in [0.1, 0.15) is 50.8 Å². The van der Waals surface area contributed by atoms with E-state index in [0.29, 0.717) is 5.92 Å². The Balaban J connectivity index is 2.66. The van der Waals surface area contributed by atoms with E-state index in [2.05, 4.69) is 32.9 Å². The topological polar surface area (TPSA) is 26.0 Å². The average molecular weight is 254 g/mol. The lowest BCUT2D eigenvalue weighted by Crippen LogP contribution is -2.15. The Labute approximate surface area is 110 Å². The number of nitrogens with two attached hydrogens (primary N) is 1. The van der Waals surface area contributed by atoms with Crippen LogP contribution in [0.3, 0.4) is 0 Å². The van der Waals surface area contributed by atoms with Gasteiger partial charge in [-0.15, -0.1) is 0 Å². The van der Waals surface area contributed by atoms with Crippen LogP contribution in [0, 0.1) is 18.8 Å². The van der Waals surface area contributed by atoms with Crippen molar-refractivity contribution in [2.75, 3.05) is 0 Å². The summed E-state index contributed by atoms with van der Waals surface area (Å²) in [6.45, 7) is 8.81. The number of benzene rings is 1. The minimum Gasteiger partial charge on any atom is -0.324 e. The molecule has 0 heterocycles. The number of halogens is 1. The molecule has 2 atom stereocenters. The van der Waals surface area contributed by atoms with Crippen LogP contribution < -0.4 is 5.73 Å². The molecule has 0 aliphatic carbocycles. The van der Waals surface area contributed by atoms with Gasteiger partial charge < -0.3 is 5.73 Å². The lowest BCUT2D eigenvalue weighted by molar-refractivity contribution is 0.387. The highest BCUT2D eigenvalue weighted by Crippen LogP contribution is 2.28. The Morgan fingerprint density at radius 2 is 1.82 bits per heavy atom. The van der Waals surface area contributed by atoms with Crippen molar-refractivity contribution in [2.24, 2.45) is 17.6 Å². The lowest BCUT2D eigenvalue weighted by atomic mass is 9.90. The van der Waals surface area contributed by atoms with Crippen molar-refractivity contribution in [3.8, 4) is 0 Å². The molecule has 0 bridgehead atoms. The molecule has 0 saturated carbocycles. The molecule has 0 aliphatic heterocycles. The molecular formula is C15H24ClN. The molecule has 1 rings (SSSR count). The maximum Gasteiger partial charge on any atom is 0.0456 e. The molecule has 0 aromatic heterocycles. The predicted molar refractivity (Wildman–Crippen MR) is 76.4 cm³/mol. The van der Waals surface area contributed by atoms with Crippen molar-refractivity contribution in [1.29, 1.82) is 0 Å². The SMILES string of the molecule is Cc1ccc(C(N)CC(C)CC(C)C)c(Cl)c1. The second-order valence-electron chi connectivity index (χ2n) is 5.60. The molecule has 0 aliphatic rings. The van der Waals surface area contributed by atoms with Gasteiger partial charge in [0, 0.05) is 11.1 Å². The van der Waals surface area contributed by atoms with Crippen molar-refractivity contribution < 1.29 is 0 Å². The molecule has 0 spiro atoms. The molecule has 0 fully saturated rings. The highest BCUT2D eigenvalue weighted by Gasteiger charge is 2.14. The highest BCUT2D eigenvalue weighted by atomic mass is 35.5. The Morgan fingerprint density at radius 3 is 2.35 bits per heavy atom. The largest absolute Gasteiger partial charge is 0.324 e. The van der Waals surface area contributed by atoms with Gasteiger partial charge in [0.2, 0.25) is 0 Å². The van der Waals surface area contributed by atoms with Crippen molar-refractivity contribution in [1.82, 2.24) is 0 Å². The molecular weight excluding hydrogens is 230 g/mol. The minimum absolute atomic E-state index is 0.0526. The molecule has 1 aromatic rings. The number of hydrogen-bond acceptors (Lipinski definition) is 1. The molecule has 0 radical (unpaired) electrons. The summed E-state index contributed by atoms with van der Waals surface area (Å²) < 4.78 is 0. The fourth-order valence-corrected chi connectivity index (χ4v) is 2.77. The summed E-state index contributed by atoms with van der Waals surface area (Å²) in [6, 6.07) is 6.18. The minimum atomic E-state index is 0.0526. The third kappa shape index (κ3) is 4.69. The predicted octanol–water partition coefficient (Wildman–Crippen LogP) is 4.72. The fourth-order valence-electron chi connectivity index (χ4n) is 2.39. The van der Waals surface area contributed by atoms with Gasteiger partial charge in [-0.2, -0.15) is 0 Å². The molecule has 1 nitrogen and oxygen atoms in total. The monoisotopic (exact) mass is 253 g/mol. The Bertz CT molecular complexity index is 360. The van der Waals surface area contributed by atoms with Crippen molar-refractivity contribution in [3.63, 3.8) is 0 Å². The maximum atomic E-state index is 6.24. The van der Waals surface area contributed by atoms with Gasteiger partial charge in [0.1, 0.15) is 0 Å². The molecule has 0 amide bonds. The number of rotatable bonds is 5. The van der Waals surface area contributed by atoms with Crippen molar-refractivity contribution >= 4 is 11.6 Å². The molecule has 2 unspecified atom stereocenters. The van der Waals surface area contributed by atoms with Gasteiger partial charge in [-0.1, -0.05) is 44.5 Å². The number of hydrogen-bond donors (Lipinski definition) is 1. The second kappa shape index (κ2) is 6.42. The Morgan fingerprint density at radius 1 is 1.18 bits per heavy atom. The summed E-state index contributed by atoms with van der Waals surface area (Å²) in [6.07, 6.45) is 2.22. The first-order chi connectivity index (χ1) is 7.90. The van der Waals surface area contributed by atoms with Crippen LogP contribution in [0.25, 0.3) is 0 Å². The van der Waals surface area contributed by atoms with Crippen molar-refractivity contribution in [3.05, 3.63) is 34.3 Å². The van der Waals surface area contributed by atoms with E-state index in [-0.39, 0.29) is 6.04 Å². The van der Waals surface area contributed by atoms with E-state index in [9.17, 15) is 0 Å². The molecule has 96 valence electrons. The van der Waals surface area contributed by atoms with E-state index < -0.39 is 0 Å². The first-order valence-corrected chi connectivity index (χ1v) is 6.79. The van der Waals surface area contributed by atoms with E-state index in [1.54, 1.807) is 0 Å². The van der Waals surface area contributed by atoms with E-state index in [1.807, 2.05) is 13.0 Å². The van der Waals surface area contributed by atoms with E-state index in [4.69, 9.17) is 17.3 Å². The van der Waals surface area contributed by atoms with Crippen LogP contribution in [0.15, 0.2) is 18.2 Å². The van der Waals surface area contributed by atoms with Crippen molar-refractivity contribution in [2.45, 2.75) is 46.6 Å². The zero-order valence-corrected chi connectivity index (χ0v) is 12.1. The van der Waals surface area contributed by atoms with E-state index >= 15 is 0 Å². The summed E-state index contributed by atoms with van der Waals surface area (Å²) in [4.78, 5) is 0. The first-order valence-electron chi connectivity index (χ1n) is 6.41. The van der Waals surface area contributed by atoms with Gasteiger partial charge in [0.15, 0.2) is 0 Å². The van der Waals surface area contributed by atoms with Crippen LogP contribution >= 0.6 is 11.6 Å². The lowest BCUT2D eigenvalue weighted by Gasteiger charge is -2.20. The van der Waals surface area contributed by atoms with Gasteiger partial charge in [0.05, 0.1) is 0 Å². The average Bonchev–Trinajstić information content (AvgIpc) is 2.15. The summed E-state index contributed by atoms with van der Waals surface area (Å²) in [5.74, 6) is 1.37. The summed E-state index contributed by atoms with van der Waals surface area (Å²) >= 11 is 6.23. The normalized spacial score (nSPS) is 15.0. The quantitative estimate of drug-likeness (QED) is 0.807. The van der Waals surface area contributed by atoms with Gasteiger partial charge in [-0.05, 0) is 48.8 Å². The summed E-state index contributed by atoms with van der Waals surface area (Å²) in [7, 11) is 0. The van der Waals surface area contributed by atoms with Crippen LogP contribution in [-0.4, -0.2) is 0 Å². The third-order valence-electron chi connectivity index (χ3n) is 3.09. The summed E-state index contributed by atoms with van der Waals surface area (Å²) in [5, 5.41) is 0.800. The van der Waals surface area contributed by atoms with Gasteiger partial charge in [-0.25, -0.2) is 0 Å². The molecule has 2 N–H and O–H groups in total. The van der Waals surface area contributed by atoms with Gasteiger partial charge in [0.25, 0.3) is 0 Å². The second-order valence-corrected chi connectivity index (χ2v) is 6.01. The zero-order chi connectivity index (χ0) is 13.0. The maximum absolute atomic E-state index is 6.24. The Kier molecular flexibility index (Phi) is 5.48. The molecule has 0 saturated heterocycles. The highest BCUT2D eigenvalue weighted by molar-refractivity contribution is 6.31. The van der Waals surface area contributed by atoms with E-state index in [0.717, 1.165) is 22.9 Å². The number of aryl methyl sites for hydroxylation is 1. The molecule has 1 aromatic carbocycles. The van der Waals surface area contributed by atoms with E-state index in [1.165, 1.54) is 12.0 Å². The smallest absolute Gasteiger partial charge is 0.0456 e.